The molecule has 1 unspecified atom stereocenters. The molecular formula is C105H163N19O25. The number of carboxylic acids is 2. The third-order valence-electron chi connectivity index (χ3n) is 31.1. The number of aliphatic carboxylic acids is 2. The summed E-state index contributed by atoms with van der Waals surface area (Å²) >= 11 is 0. The molecule has 0 aromatic carbocycles. The highest BCUT2D eigenvalue weighted by atomic mass is 16.7. The normalized spacial score (nSPS) is 25.0. The third-order valence-corrected chi connectivity index (χ3v) is 31.1. The lowest BCUT2D eigenvalue weighted by Gasteiger charge is -2.34. The van der Waals surface area contributed by atoms with Crippen LogP contribution in [0.15, 0.2) is 58.1 Å². The second-order valence-electron chi connectivity index (χ2n) is 44.2. The monoisotopic (exact) mass is 2090 g/mol. The van der Waals surface area contributed by atoms with Gasteiger partial charge < -0.3 is 91.1 Å². The summed E-state index contributed by atoms with van der Waals surface area (Å²) in [6.45, 7) is 35.7. The summed E-state index contributed by atoms with van der Waals surface area (Å²) in [6, 6.07) is 12.0. The largest absolute Gasteiger partial charge is 0.480 e. The molecule has 0 saturated carbocycles. The van der Waals surface area contributed by atoms with Crippen molar-refractivity contribution in [1.82, 2.24) is 60.5 Å². The minimum Gasteiger partial charge on any atom is -0.480 e. The van der Waals surface area contributed by atoms with Crippen molar-refractivity contribution in [3.63, 3.8) is 0 Å². The molecule has 5 amide bonds. The molecule has 19 rings (SSSR count). The average molecular weight is 2090 g/mol. The number of oxime groups is 1. The van der Waals surface area contributed by atoms with Gasteiger partial charge in [-0.25, -0.2) is 0 Å². The van der Waals surface area contributed by atoms with Gasteiger partial charge in [0.25, 0.3) is 0 Å². The number of carboxylic acid groups (broad SMARTS) is 2. The number of aliphatic hydroxyl groups is 1. The fourth-order valence-electron chi connectivity index (χ4n) is 21.9. The number of nitrogens with one attached hydrogen (secondary N) is 6. The molecule has 828 valence electrons. The van der Waals surface area contributed by atoms with Gasteiger partial charge in [-0.2, -0.15) is 5.26 Å². The summed E-state index contributed by atoms with van der Waals surface area (Å²) in [6.07, 6.45) is 30.1. The molecule has 14 aliphatic rings. The Hall–Kier alpha value is -9.67. The molecule has 149 heavy (non-hydrogen) atoms. The Morgan fingerprint density at radius 3 is 0.960 bits per heavy atom. The lowest BCUT2D eigenvalue weighted by molar-refractivity contribution is -0.170. The number of amides is 5. The Kier molecular flexibility index (Phi) is 44.0. The van der Waals surface area contributed by atoms with Gasteiger partial charge in [-0.3, -0.25) is 89.5 Å². The number of aldehydes is 1. The first-order valence-electron chi connectivity index (χ1n) is 54.2. The number of rotatable bonds is 29. The fraction of sp³-hybridized carbons (Fsp3) is 0.762. The van der Waals surface area contributed by atoms with E-state index in [1.807, 2.05) is 33.8 Å². The van der Waals surface area contributed by atoms with Crippen LogP contribution < -0.4 is 31.9 Å². The zero-order valence-corrected chi connectivity index (χ0v) is 88.9. The molecule has 0 radical (unpaired) electrons. The maximum absolute atomic E-state index is 12.9. The van der Waals surface area contributed by atoms with Crippen LogP contribution in [0.5, 0.6) is 0 Å². The number of aromatic nitrogens is 5. The number of anilines is 5. The van der Waals surface area contributed by atoms with Crippen LogP contribution in [0.2, 0.25) is 0 Å². The molecule has 5 aromatic rings. The van der Waals surface area contributed by atoms with Gasteiger partial charge in [0.05, 0.1) is 89.3 Å². The van der Waals surface area contributed by atoms with E-state index in [4.69, 9.17) is 81.2 Å². The van der Waals surface area contributed by atoms with Crippen molar-refractivity contribution in [3.05, 3.63) is 58.8 Å². The van der Waals surface area contributed by atoms with Crippen LogP contribution in [-0.2, 0) is 103 Å². The lowest BCUT2D eigenvalue weighted by Crippen LogP contribution is -2.47. The number of likely N-dealkylation sites (tertiary alicyclic amines) is 6. The lowest BCUT2D eigenvalue weighted by atomic mass is 9.90. The molecule has 14 fully saturated rings. The van der Waals surface area contributed by atoms with Crippen molar-refractivity contribution in [1.29, 1.82) is 5.26 Å². The molecule has 44 heteroatoms. The third kappa shape index (κ3) is 33.0. The summed E-state index contributed by atoms with van der Waals surface area (Å²) < 4.78 is 70.3. The number of hydrogen-bond donors (Lipinski definition) is 10. The Labute approximate surface area is 873 Å². The maximum Gasteiger partial charge on any atom is 0.320 e. The molecule has 8 atom stereocenters. The van der Waals surface area contributed by atoms with E-state index in [9.17, 15) is 43.5 Å². The van der Waals surface area contributed by atoms with Crippen molar-refractivity contribution < 1.29 is 119 Å². The molecule has 14 saturated heterocycles. The van der Waals surface area contributed by atoms with Gasteiger partial charge in [0.15, 0.2) is 6.29 Å². The predicted molar refractivity (Wildman–Crippen MR) is 547 cm³/mol. The molecule has 0 spiro atoms. The maximum atomic E-state index is 12.9. The Balaban J connectivity index is 0.000000148. The molecule has 5 aromatic heterocycles. The van der Waals surface area contributed by atoms with Crippen LogP contribution in [-0.4, -0.2) is 359 Å². The highest BCUT2D eigenvalue weighted by molar-refractivity contribution is 5.97. The van der Waals surface area contributed by atoms with Crippen molar-refractivity contribution >= 4 is 83.4 Å². The SMILES string of the molecule is CC(C)(/C=N/O)c1cc(NC(=O)[C@@H]2CCCN2C2CCOCC2)on1.CC(C)(C#N)c1cc(NC(=O)[C@@H]2CCCN2C2CCOCC2)on1.CC(C)(C=O)c1cc(NC(=O)[C@@H]2CCCN2C2CCOCC2)on1.CC(C)(CO)c1cc(NC(=O)[C@@H]2CCCN2C2CCOCC2)on1.CC(C)(COC1CCCCO1)c1cc(NC(=O)[C@@H]2CCCN2C2CCOCC2)on1.O=C(O)[C@@H]1CCCN1.O=C(O)[C@@H]1CCCN1C1CCOCC1. The van der Waals surface area contributed by atoms with Crippen LogP contribution in [0, 0.1) is 11.3 Å². The van der Waals surface area contributed by atoms with Crippen molar-refractivity contribution in [2.24, 2.45) is 5.16 Å². The number of ether oxygens (including phenoxy) is 8. The number of aliphatic hydroxyl groups excluding tert-OH is 1. The predicted octanol–water partition coefficient (Wildman–Crippen LogP) is 10.9. The molecule has 0 bridgehead atoms. The van der Waals surface area contributed by atoms with E-state index < -0.39 is 33.6 Å². The summed E-state index contributed by atoms with van der Waals surface area (Å²) in [4.78, 5) is 110. The van der Waals surface area contributed by atoms with E-state index in [2.05, 4.69) is 112 Å². The van der Waals surface area contributed by atoms with Crippen molar-refractivity contribution in [3.8, 4) is 6.07 Å². The van der Waals surface area contributed by atoms with Gasteiger partial charge in [-0.15, -0.1) is 5.16 Å². The fourth-order valence-corrected chi connectivity index (χ4v) is 21.9. The standard InChI is InChI=1S/C22H35N3O5.C17H26N4O4.C17H24N4O3.C17H27N3O4.C17H25N3O4.C10H17NO3.C5H9NO2/c1-22(2,15-29-20-7-3-4-11-28-20)18-14-19(30-24-18)23-21(26)17-6-5-10-25(17)16-8-12-27-13-9-16;1-17(2,11-18-23)14-10-15(25-20-14)19-16(22)13-4-3-7-21(13)12-5-8-24-9-6-12;1-17(2,11-18)14-10-15(24-20-14)19-16(22)13-4-3-7-21(13)12-5-8-23-9-6-12;2*1-17(2,11-21)14-10-15(24-19-14)18-16(22)13-4-3-7-20(13)12-5-8-23-9-6-12;12-10(13)9-2-1-5-11(9)8-3-6-14-7-4-8;7-5(8)4-2-1-3-6-4/h14,16-17,20H,3-13,15H2,1-2H3,(H,23,26);10-13,23H,3-9H2,1-2H3,(H,19,22);10,12-13H,3-9H2,1-2H3,(H,19,22);10,12-13,21H,3-9,11H2,1-2H3,(H,18,22);10-13H,3-9H2,1-2H3,(H,18,22);8-9H,1-7H2,(H,12,13);4,6H,1-3H2,(H,7,8)/b;18-11+;;;;;/t17-,20?;4*13-;9-;4-/m0000000/s1. The van der Waals surface area contributed by atoms with E-state index in [1.165, 1.54) is 6.21 Å². The Bertz CT molecular complexity index is 5060. The molecule has 10 N–H and O–H groups in total. The van der Waals surface area contributed by atoms with E-state index >= 15 is 0 Å². The summed E-state index contributed by atoms with van der Waals surface area (Å²) in [7, 11) is 0. The van der Waals surface area contributed by atoms with E-state index in [0.29, 0.717) is 95.1 Å². The zero-order chi connectivity index (χ0) is 106. The van der Waals surface area contributed by atoms with Crippen LogP contribution in [0.4, 0.5) is 29.4 Å². The zero-order valence-electron chi connectivity index (χ0n) is 88.9. The van der Waals surface area contributed by atoms with Gasteiger partial charge in [-0.1, -0.05) is 53.5 Å². The smallest absolute Gasteiger partial charge is 0.320 e. The van der Waals surface area contributed by atoms with Crippen molar-refractivity contribution in [2.45, 2.75) is 367 Å². The molecule has 14 aliphatic heterocycles. The first kappa shape index (κ1) is 116. The molecule has 44 nitrogen and oxygen atoms in total. The quantitative estimate of drug-likeness (QED) is 0.00920. The number of carbonyl (C=O) groups excluding carboxylic acids is 6. The van der Waals surface area contributed by atoms with Gasteiger partial charge in [-0.05, 0) is 274 Å². The topological polar surface area (TPSA) is 549 Å². The number of carbonyl (C=O) groups is 8. The van der Waals surface area contributed by atoms with E-state index in [0.717, 1.165) is 330 Å². The first-order chi connectivity index (χ1) is 71.7. The molecule has 19 heterocycles. The summed E-state index contributed by atoms with van der Waals surface area (Å²) in [5, 5.41) is 84.8. The van der Waals surface area contributed by atoms with Gasteiger partial charge in [0.2, 0.25) is 59.0 Å². The second-order valence-corrected chi connectivity index (χ2v) is 44.2. The minimum absolute atomic E-state index is 0.00801. The number of hydrogen-bond acceptors (Lipinski definition) is 37. The van der Waals surface area contributed by atoms with E-state index in [-0.39, 0.29) is 90.1 Å². The van der Waals surface area contributed by atoms with Gasteiger partial charge in [0, 0.05) is 169 Å². The number of nitrogens with zero attached hydrogens (tertiary/aromatic N) is 13. The van der Waals surface area contributed by atoms with Crippen LogP contribution >= 0.6 is 0 Å². The van der Waals surface area contributed by atoms with Crippen LogP contribution in [0.3, 0.4) is 0 Å². The first-order valence-corrected chi connectivity index (χ1v) is 54.2. The minimum atomic E-state index is -0.742. The molecular weight excluding hydrogens is 1930 g/mol. The van der Waals surface area contributed by atoms with Crippen LogP contribution in [0.25, 0.3) is 0 Å². The Morgan fingerprint density at radius 2 is 0.685 bits per heavy atom. The summed E-state index contributed by atoms with van der Waals surface area (Å²) in [5.74, 6) is 0.0547. The molecule has 0 aliphatic carbocycles. The highest BCUT2D eigenvalue weighted by Gasteiger charge is 2.45. The highest BCUT2D eigenvalue weighted by Crippen LogP contribution is 2.38. The van der Waals surface area contributed by atoms with Crippen molar-refractivity contribution in [2.75, 3.05) is 172 Å². The summed E-state index contributed by atoms with van der Waals surface area (Å²) in [5.41, 5.74) is 0.143. The average Bonchev–Trinajstić information content (AvgIpc) is 1.69. The van der Waals surface area contributed by atoms with Gasteiger partial charge in [0.1, 0.15) is 24.1 Å². The Morgan fingerprint density at radius 1 is 0.389 bits per heavy atom. The number of nitriles is 1. The van der Waals surface area contributed by atoms with Gasteiger partial charge >= 0.3 is 11.9 Å². The van der Waals surface area contributed by atoms with Crippen LogP contribution in [0.1, 0.15) is 284 Å². The van der Waals surface area contributed by atoms with E-state index in [1.54, 1.807) is 52.0 Å². The second kappa shape index (κ2) is 56.3.